The number of nitrogens with one attached hydrogen (secondary N) is 2. The fourth-order valence-corrected chi connectivity index (χ4v) is 3.09. The zero-order valence-corrected chi connectivity index (χ0v) is 17.1. The van der Waals surface area contributed by atoms with Crippen LogP contribution in [0.1, 0.15) is 32.4 Å². The third-order valence-corrected chi connectivity index (χ3v) is 4.34. The van der Waals surface area contributed by atoms with Crippen LogP contribution in [0.25, 0.3) is 0 Å². The Morgan fingerprint density at radius 2 is 1.17 bits per heavy atom. The first-order valence-corrected chi connectivity index (χ1v) is 9.83. The van der Waals surface area contributed by atoms with Crippen LogP contribution in [0, 0.1) is 0 Å². The number of ether oxygens (including phenoxy) is 1. The Bertz CT molecular complexity index is 890. The number of carbonyl (C=O) groups excluding carboxylic acids is 1. The highest BCUT2D eigenvalue weighted by atomic mass is 16.6. The molecule has 150 valence electrons. The molecule has 0 heterocycles. The summed E-state index contributed by atoms with van der Waals surface area (Å²) in [6, 6.07) is 28.6. The molecule has 0 saturated carbocycles. The van der Waals surface area contributed by atoms with Crippen molar-refractivity contribution in [2.75, 3.05) is 10.6 Å². The summed E-state index contributed by atoms with van der Waals surface area (Å²) in [6.07, 6.45) is 0. The van der Waals surface area contributed by atoms with Crippen molar-refractivity contribution in [2.45, 2.75) is 38.5 Å². The van der Waals surface area contributed by atoms with E-state index in [0.717, 1.165) is 16.9 Å². The van der Waals surface area contributed by atoms with Gasteiger partial charge in [0, 0.05) is 11.4 Å². The molecule has 0 aliphatic rings. The molecule has 0 saturated heterocycles. The molecule has 0 amide bonds. The highest BCUT2D eigenvalue weighted by Crippen LogP contribution is 2.27. The van der Waals surface area contributed by atoms with Crippen LogP contribution >= 0.6 is 0 Å². The van der Waals surface area contributed by atoms with E-state index < -0.39 is 11.6 Å². The molecular formula is C25H28N2O2. The smallest absolute Gasteiger partial charge is 0.331 e. The van der Waals surface area contributed by atoms with E-state index in [1.54, 1.807) is 0 Å². The van der Waals surface area contributed by atoms with Crippen LogP contribution in [0.2, 0.25) is 0 Å². The van der Waals surface area contributed by atoms with Gasteiger partial charge in [0.05, 0.1) is 6.04 Å². The molecule has 0 spiro atoms. The monoisotopic (exact) mass is 388 g/mol. The molecule has 4 heteroatoms. The van der Waals surface area contributed by atoms with Gasteiger partial charge in [-0.2, -0.15) is 0 Å². The SMILES string of the molecule is CC(C)(C)OC(=O)[C@@H](Nc1ccccc1)[C@@H](Nc1ccccc1)c1ccccc1. The zero-order valence-electron chi connectivity index (χ0n) is 17.1. The molecular weight excluding hydrogens is 360 g/mol. The van der Waals surface area contributed by atoms with Crippen molar-refractivity contribution in [1.82, 2.24) is 0 Å². The predicted molar refractivity (Wildman–Crippen MR) is 119 cm³/mol. The van der Waals surface area contributed by atoms with Gasteiger partial charge >= 0.3 is 5.97 Å². The molecule has 2 N–H and O–H groups in total. The second-order valence-electron chi connectivity index (χ2n) is 7.92. The number of hydrogen-bond acceptors (Lipinski definition) is 4. The minimum atomic E-state index is -0.626. The molecule has 0 unspecified atom stereocenters. The maximum atomic E-state index is 13.2. The van der Waals surface area contributed by atoms with Gasteiger partial charge < -0.3 is 15.4 Å². The Labute approximate surface area is 172 Å². The van der Waals surface area contributed by atoms with Crippen molar-refractivity contribution in [1.29, 1.82) is 0 Å². The number of esters is 1. The van der Waals surface area contributed by atoms with Gasteiger partial charge in [-0.15, -0.1) is 0 Å². The number of rotatable bonds is 7. The molecule has 2 atom stereocenters. The predicted octanol–water partition coefficient (Wildman–Crippen LogP) is 5.66. The second-order valence-corrected chi connectivity index (χ2v) is 7.92. The fraction of sp³-hybridized carbons (Fsp3) is 0.240. The van der Waals surface area contributed by atoms with Crippen LogP contribution in [0.5, 0.6) is 0 Å². The quantitative estimate of drug-likeness (QED) is 0.513. The topological polar surface area (TPSA) is 50.4 Å². The standard InChI is InChI=1S/C25H28N2O2/c1-25(2,3)29-24(28)23(27-21-17-11-6-12-18-21)22(19-13-7-4-8-14-19)26-20-15-9-5-10-16-20/h4-18,22-23,26-27H,1-3H3/t22-,23-/m0/s1. The molecule has 0 radical (unpaired) electrons. The summed E-state index contributed by atoms with van der Waals surface area (Å²) in [5.74, 6) is -0.307. The molecule has 0 aliphatic carbocycles. The van der Waals surface area contributed by atoms with Gasteiger partial charge in [0.2, 0.25) is 0 Å². The van der Waals surface area contributed by atoms with Gasteiger partial charge in [0.1, 0.15) is 11.6 Å². The van der Waals surface area contributed by atoms with E-state index in [9.17, 15) is 4.79 Å². The number of hydrogen-bond donors (Lipinski definition) is 2. The van der Waals surface area contributed by atoms with E-state index in [4.69, 9.17) is 4.74 Å². The molecule has 0 aliphatic heterocycles. The zero-order chi connectivity index (χ0) is 20.7. The third kappa shape index (κ3) is 6.11. The minimum absolute atomic E-state index is 0.307. The molecule has 3 rings (SSSR count). The van der Waals surface area contributed by atoms with E-state index in [-0.39, 0.29) is 12.0 Å². The van der Waals surface area contributed by atoms with Crippen LogP contribution in [0.4, 0.5) is 11.4 Å². The first kappa shape index (κ1) is 20.5. The summed E-state index contributed by atoms with van der Waals surface area (Å²) in [5.41, 5.74) is 2.21. The summed E-state index contributed by atoms with van der Waals surface area (Å²) >= 11 is 0. The third-order valence-electron chi connectivity index (χ3n) is 4.34. The lowest BCUT2D eigenvalue weighted by molar-refractivity contribution is -0.156. The van der Waals surface area contributed by atoms with E-state index >= 15 is 0 Å². The highest BCUT2D eigenvalue weighted by Gasteiger charge is 2.33. The fourth-order valence-electron chi connectivity index (χ4n) is 3.09. The summed E-state index contributed by atoms with van der Waals surface area (Å²) in [4.78, 5) is 13.2. The second kappa shape index (κ2) is 9.28. The number of carbonyl (C=O) groups is 1. The lowest BCUT2D eigenvalue weighted by Gasteiger charge is -2.32. The summed E-state index contributed by atoms with van der Waals surface area (Å²) in [6.45, 7) is 5.64. The van der Waals surface area contributed by atoms with Gasteiger partial charge in [-0.25, -0.2) is 4.79 Å². The van der Waals surface area contributed by atoms with Crippen LogP contribution in [-0.4, -0.2) is 17.6 Å². The van der Waals surface area contributed by atoms with Crippen LogP contribution in [0.3, 0.4) is 0 Å². The molecule has 0 fully saturated rings. The van der Waals surface area contributed by atoms with Crippen molar-refractivity contribution in [3.05, 3.63) is 96.6 Å². The Balaban J connectivity index is 1.99. The largest absolute Gasteiger partial charge is 0.458 e. The van der Waals surface area contributed by atoms with Crippen molar-refractivity contribution < 1.29 is 9.53 Å². The Kier molecular flexibility index (Phi) is 6.55. The van der Waals surface area contributed by atoms with Gasteiger partial charge in [0.15, 0.2) is 0 Å². The first-order valence-electron chi connectivity index (χ1n) is 9.83. The molecule has 0 aromatic heterocycles. The minimum Gasteiger partial charge on any atom is -0.458 e. The Hall–Kier alpha value is -3.27. The van der Waals surface area contributed by atoms with Crippen molar-refractivity contribution in [3.8, 4) is 0 Å². The van der Waals surface area contributed by atoms with Gasteiger partial charge in [-0.1, -0.05) is 66.7 Å². The lowest BCUT2D eigenvalue weighted by atomic mass is 9.97. The first-order chi connectivity index (χ1) is 13.9. The molecule has 4 nitrogen and oxygen atoms in total. The van der Waals surface area contributed by atoms with Gasteiger partial charge in [-0.05, 0) is 50.6 Å². The maximum Gasteiger partial charge on any atom is 0.331 e. The molecule has 29 heavy (non-hydrogen) atoms. The van der Waals surface area contributed by atoms with Gasteiger partial charge in [-0.3, -0.25) is 0 Å². The normalized spacial score (nSPS) is 13.2. The average Bonchev–Trinajstić information content (AvgIpc) is 2.71. The molecule has 3 aromatic carbocycles. The van der Waals surface area contributed by atoms with E-state index in [1.165, 1.54) is 0 Å². The maximum absolute atomic E-state index is 13.2. The highest BCUT2D eigenvalue weighted by molar-refractivity contribution is 5.82. The van der Waals surface area contributed by atoms with E-state index in [2.05, 4.69) is 10.6 Å². The molecule has 0 bridgehead atoms. The number of benzene rings is 3. The van der Waals surface area contributed by atoms with Gasteiger partial charge in [0.25, 0.3) is 0 Å². The average molecular weight is 389 g/mol. The number of anilines is 2. The summed E-state index contributed by atoms with van der Waals surface area (Å²) in [5, 5.41) is 6.90. The van der Waals surface area contributed by atoms with E-state index in [1.807, 2.05) is 112 Å². The van der Waals surface area contributed by atoms with Crippen molar-refractivity contribution >= 4 is 17.3 Å². The summed E-state index contributed by atoms with van der Waals surface area (Å²) in [7, 11) is 0. The van der Waals surface area contributed by atoms with Crippen molar-refractivity contribution in [3.63, 3.8) is 0 Å². The Morgan fingerprint density at radius 1 is 0.724 bits per heavy atom. The lowest BCUT2D eigenvalue weighted by Crippen LogP contribution is -2.43. The summed E-state index contributed by atoms with van der Waals surface area (Å²) < 4.78 is 5.77. The van der Waals surface area contributed by atoms with Crippen LogP contribution < -0.4 is 10.6 Å². The van der Waals surface area contributed by atoms with E-state index in [0.29, 0.717) is 0 Å². The Morgan fingerprint density at radius 3 is 1.66 bits per heavy atom. The van der Waals surface area contributed by atoms with Crippen LogP contribution in [-0.2, 0) is 9.53 Å². The number of para-hydroxylation sites is 2. The molecule has 3 aromatic rings. The van der Waals surface area contributed by atoms with Crippen LogP contribution in [0.15, 0.2) is 91.0 Å². The van der Waals surface area contributed by atoms with Crippen molar-refractivity contribution in [2.24, 2.45) is 0 Å².